The Labute approximate surface area is 175 Å². The van der Waals surface area contributed by atoms with Gasteiger partial charge in [0.05, 0.1) is 6.10 Å². The van der Waals surface area contributed by atoms with Crippen molar-refractivity contribution in [1.82, 2.24) is 10.2 Å². The zero-order valence-corrected chi connectivity index (χ0v) is 18.5. The molecule has 2 aliphatic heterocycles. The third-order valence-electron chi connectivity index (χ3n) is 5.34. The molecule has 26 heavy (non-hydrogen) atoms. The van der Waals surface area contributed by atoms with Crippen molar-refractivity contribution in [3.63, 3.8) is 0 Å². The molecule has 0 bridgehead atoms. The van der Waals surface area contributed by atoms with Crippen molar-refractivity contribution in [1.29, 1.82) is 0 Å². The van der Waals surface area contributed by atoms with Gasteiger partial charge in [-0.1, -0.05) is 37.3 Å². The molecule has 3 atom stereocenters. The van der Waals surface area contributed by atoms with E-state index in [0.29, 0.717) is 5.92 Å². The lowest BCUT2D eigenvalue weighted by Gasteiger charge is -2.35. The van der Waals surface area contributed by atoms with E-state index in [9.17, 15) is 0 Å². The number of likely N-dealkylation sites (tertiary alicyclic amines) is 1. The van der Waals surface area contributed by atoms with E-state index >= 15 is 0 Å². The molecule has 2 fully saturated rings. The second-order valence-electron chi connectivity index (χ2n) is 7.49. The quantitative estimate of drug-likeness (QED) is 0.400. The molecule has 0 spiro atoms. The minimum absolute atomic E-state index is 0. The minimum Gasteiger partial charge on any atom is -0.373 e. The number of nitrogens with zero attached hydrogens (tertiary/aromatic N) is 2. The van der Waals surface area contributed by atoms with Gasteiger partial charge in [0.2, 0.25) is 0 Å². The summed E-state index contributed by atoms with van der Waals surface area (Å²) in [5, 5.41) is 3.50. The van der Waals surface area contributed by atoms with Gasteiger partial charge in [0.25, 0.3) is 0 Å². The van der Waals surface area contributed by atoms with Gasteiger partial charge in [-0.15, -0.1) is 24.0 Å². The molecule has 146 valence electrons. The van der Waals surface area contributed by atoms with Gasteiger partial charge >= 0.3 is 0 Å². The zero-order valence-electron chi connectivity index (χ0n) is 16.2. The second-order valence-corrected chi connectivity index (χ2v) is 7.49. The third kappa shape index (κ3) is 5.84. The molecule has 0 saturated carbocycles. The Balaban J connectivity index is 0.00000243. The van der Waals surface area contributed by atoms with Crippen LogP contribution in [0.25, 0.3) is 0 Å². The van der Waals surface area contributed by atoms with Gasteiger partial charge in [0.15, 0.2) is 5.96 Å². The summed E-state index contributed by atoms with van der Waals surface area (Å²) >= 11 is 0. The highest BCUT2D eigenvalue weighted by molar-refractivity contribution is 14.0. The van der Waals surface area contributed by atoms with Crippen molar-refractivity contribution in [3.8, 4) is 0 Å². The normalized spacial score (nSPS) is 26.9. The average Bonchev–Trinajstić information content (AvgIpc) is 2.66. The van der Waals surface area contributed by atoms with Crippen LogP contribution in [0.1, 0.15) is 51.2 Å². The molecule has 1 aromatic rings. The first-order valence-corrected chi connectivity index (χ1v) is 9.97. The van der Waals surface area contributed by atoms with Crippen LogP contribution >= 0.6 is 24.0 Å². The highest BCUT2D eigenvalue weighted by atomic mass is 127. The van der Waals surface area contributed by atoms with Gasteiger partial charge in [-0.25, -0.2) is 0 Å². The molecule has 0 aliphatic carbocycles. The van der Waals surface area contributed by atoms with Crippen molar-refractivity contribution in [3.05, 3.63) is 35.9 Å². The molecule has 4 nitrogen and oxygen atoms in total. The summed E-state index contributed by atoms with van der Waals surface area (Å²) in [6, 6.07) is 10.6. The van der Waals surface area contributed by atoms with Crippen molar-refractivity contribution in [2.75, 3.05) is 32.8 Å². The van der Waals surface area contributed by atoms with Gasteiger partial charge in [-0.05, 0) is 44.1 Å². The number of benzene rings is 1. The van der Waals surface area contributed by atoms with E-state index in [1.165, 1.54) is 24.8 Å². The van der Waals surface area contributed by atoms with Crippen molar-refractivity contribution in [2.24, 2.45) is 16.8 Å². The maximum absolute atomic E-state index is 6.13. The van der Waals surface area contributed by atoms with E-state index in [1.54, 1.807) is 0 Å². The van der Waals surface area contributed by atoms with Crippen LogP contribution in [-0.4, -0.2) is 43.6 Å². The fraction of sp³-hybridized carbons (Fsp3) is 0.667. The van der Waals surface area contributed by atoms with E-state index in [-0.39, 0.29) is 30.1 Å². The van der Waals surface area contributed by atoms with Gasteiger partial charge in [0, 0.05) is 38.7 Å². The summed E-state index contributed by atoms with van der Waals surface area (Å²) in [6.45, 7) is 9.37. The van der Waals surface area contributed by atoms with E-state index in [2.05, 4.69) is 54.4 Å². The average molecular weight is 471 g/mol. The maximum atomic E-state index is 6.13. The molecule has 0 amide bonds. The van der Waals surface area contributed by atoms with Crippen LogP contribution < -0.4 is 5.32 Å². The zero-order chi connectivity index (χ0) is 17.5. The second kappa shape index (κ2) is 11.1. The van der Waals surface area contributed by atoms with E-state index in [4.69, 9.17) is 9.73 Å². The molecule has 3 rings (SSSR count). The smallest absolute Gasteiger partial charge is 0.193 e. The Kier molecular flexibility index (Phi) is 9.19. The topological polar surface area (TPSA) is 36.9 Å². The number of hydrogen-bond donors (Lipinski definition) is 1. The lowest BCUT2D eigenvalue weighted by Crippen LogP contribution is -2.46. The SMILES string of the molecule is CCNC(=NCC1CCCOC1c1ccccc1)N1CCCC(C)C1.I. The van der Waals surface area contributed by atoms with Crippen LogP contribution in [0, 0.1) is 11.8 Å². The third-order valence-corrected chi connectivity index (χ3v) is 5.34. The first-order valence-electron chi connectivity index (χ1n) is 9.97. The van der Waals surface area contributed by atoms with Crippen LogP contribution in [0.15, 0.2) is 35.3 Å². The molecular weight excluding hydrogens is 437 g/mol. The molecule has 1 aromatic carbocycles. The summed E-state index contributed by atoms with van der Waals surface area (Å²) < 4.78 is 6.13. The van der Waals surface area contributed by atoms with E-state index < -0.39 is 0 Å². The lowest BCUT2D eigenvalue weighted by atomic mass is 9.89. The maximum Gasteiger partial charge on any atom is 0.193 e. The van der Waals surface area contributed by atoms with Crippen LogP contribution in [0.5, 0.6) is 0 Å². The van der Waals surface area contributed by atoms with Crippen LogP contribution in [-0.2, 0) is 4.74 Å². The van der Waals surface area contributed by atoms with Gasteiger partial charge in [-0.3, -0.25) is 4.99 Å². The monoisotopic (exact) mass is 471 g/mol. The number of piperidine rings is 1. The molecule has 1 N–H and O–H groups in total. The minimum atomic E-state index is 0. The van der Waals surface area contributed by atoms with Crippen molar-refractivity contribution in [2.45, 2.75) is 45.6 Å². The van der Waals surface area contributed by atoms with Crippen LogP contribution in [0.4, 0.5) is 0 Å². The standard InChI is InChI=1S/C21H33N3O.HI/c1-3-22-21(24-13-7-9-17(2)16-24)23-15-19-12-8-14-25-20(19)18-10-5-4-6-11-18;/h4-6,10-11,17,19-20H,3,7-9,12-16H2,1-2H3,(H,22,23);1H. The predicted molar refractivity (Wildman–Crippen MR) is 119 cm³/mol. The summed E-state index contributed by atoms with van der Waals surface area (Å²) in [6.07, 6.45) is 5.12. The number of ether oxygens (including phenoxy) is 1. The molecule has 2 aliphatic rings. The largest absolute Gasteiger partial charge is 0.373 e. The molecule has 2 heterocycles. The molecule has 0 aromatic heterocycles. The fourth-order valence-corrected chi connectivity index (χ4v) is 4.05. The molecular formula is C21H34IN3O. The van der Waals surface area contributed by atoms with Gasteiger partial charge in [0.1, 0.15) is 0 Å². The predicted octanol–water partition coefficient (Wildman–Crippen LogP) is 4.47. The Bertz CT molecular complexity index is 551. The highest BCUT2D eigenvalue weighted by Crippen LogP contribution is 2.33. The lowest BCUT2D eigenvalue weighted by molar-refractivity contribution is -0.0250. The number of hydrogen-bond acceptors (Lipinski definition) is 2. The van der Waals surface area contributed by atoms with Crippen LogP contribution in [0.3, 0.4) is 0 Å². The fourth-order valence-electron chi connectivity index (χ4n) is 4.05. The van der Waals surface area contributed by atoms with E-state index in [0.717, 1.165) is 51.1 Å². The summed E-state index contributed by atoms with van der Waals surface area (Å²) in [4.78, 5) is 7.47. The molecule has 3 unspecified atom stereocenters. The summed E-state index contributed by atoms with van der Waals surface area (Å²) in [5.41, 5.74) is 1.29. The van der Waals surface area contributed by atoms with Gasteiger partial charge < -0.3 is 15.0 Å². The van der Waals surface area contributed by atoms with Crippen LogP contribution in [0.2, 0.25) is 0 Å². The van der Waals surface area contributed by atoms with E-state index in [1.807, 2.05) is 0 Å². The Morgan fingerprint density at radius 2 is 2.04 bits per heavy atom. The molecule has 0 radical (unpaired) electrons. The molecule has 2 saturated heterocycles. The Morgan fingerprint density at radius 3 is 2.77 bits per heavy atom. The highest BCUT2D eigenvalue weighted by Gasteiger charge is 2.28. The first-order chi connectivity index (χ1) is 12.3. The molecule has 5 heteroatoms. The number of aliphatic imine (C=N–C) groups is 1. The van der Waals surface area contributed by atoms with Crippen molar-refractivity contribution < 1.29 is 4.74 Å². The summed E-state index contributed by atoms with van der Waals surface area (Å²) in [5.74, 6) is 2.31. The Hall–Kier alpha value is -0.820. The summed E-state index contributed by atoms with van der Waals surface area (Å²) in [7, 11) is 0. The van der Waals surface area contributed by atoms with Crippen molar-refractivity contribution >= 4 is 29.9 Å². The number of halogens is 1. The number of guanidine groups is 1. The number of rotatable bonds is 4. The Morgan fingerprint density at radius 1 is 1.23 bits per heavy atom. The number of nitrogens with one attached hydrogen (secondary N) is 1. The first kappa shape index (κ1) is 21.5. The van der Waals surface area contributed by atoms with Gasteiger partial charge in [-0.2, -0.15) is 0 Å².